The minimum absolute atomic E-state index is 0.0445. The number of fused-ring (bicyclic) bond motifs is 1. The number of thioether (sulfide) groups is 1. The molecule has 12 nitrogen and oxygen atoms in total. The molecule has 194 valence electrons. The zero-order chi connectivity index (χ0) is 26.1. The molecule has 2 rings (SSSR count). The lowest BCUT2D eigenvalue weighted by molar-refractivity contribution is -0.139. The van der Waals surface area contributed by atoms with Gasteiger partial charge >= 0.3 is 17.9 Å². The van der Waals surface area contributed by atoms with Crippen molar-refractivity contribution < 1.29 is 44.0 Å². The van der Waals surface area contributed by atoms with E-state index < -0.39 is 54.5 Å². The van der Waals surface area contributed by atoms with E-state index in [0.29, 0.717) is 30.6 Å². The van der Waals surface area contributed by atoms with E-state index in [-0.39, 0.29) is 23.8 Å². The van der Waals surface area contributed by atoms with Crippen LogP contribution in [0.5, 0.6) is 0 Å². The van der Waals surface area contributed by atoms with Crippen LogP contribution in [0.3, 0.4) is 0 Å². The molecule has 0 aromatic heterocycles. The maximum Gasteiger partial charge on any atom is 0.343 e. The second kappa shape index (κ2) is 13.3. The second-order valence-electron chi connectivity index (χ2n) is 8.24. The van der Waals surface area contributed by atoms with Crippen LogP contribution in [0.1, 0.15) is 45.4 Å². The molecular formula is C22H31N3O9S. The van der Waals surface area contributed by atoms with Gasteiger partial charge in [-0.1, -0.05) is 13.3 Å². The molecule has 4 atom stereocenters. The van der Waals surface area contributed by atoms with Crippen molar-refractivity contribution >= 4 is 41.5 Å². The molecule has 0 bridgehead atoms. The van der Waals surface area contributed by atoms with Gasteiger partial charge in [0.2, 0.25) is 11.8 Å². The summed E-state index contributed by atoms with van der Waals surface area (Å²) in [5.41, 5.74) is 6.49. The molecule has 13 heteroatoms. The number of carbonyl (C=O) groups is 5. The Morgan fingerprint density at radius 1 is 1.26 bits per heavy atom. The lowest BCUT2D eigenvalue weighted by atomic mass is 9.91. The standard InChI is InChI=1S/C22H31N3O9S/c1-2-3-16(19-12-5-4-11(26)8-13(12)22(33)34-19)35-10-15(20(30)24-9-18(28)29)25-17(27)7-6-14(23)21(31)32/h8,11,14-16,26H,2-7,9-10,23H2,1H3,(H,24,30)(H,25,27)(H,28,29)(H,31,32). The normalized spacial score (nSPS) is 19.7. The number of amides is 2. The first kappa shape index (κ1) is 28.3. The number of aliphatic hydroxyl groups is 1. The van der Waals surface area contributed by atoms with Gasteiger partial charge in [0.25, 0.3) is 0 Å². The van der Waals surface area contributed by atoms with Crippen LogP contribution < -0.4 is 16.4 Å². The Hall–Kier alpha value is -2.90. The Bertz CT molecular complexity index is 918. The van der Waals surface area contributed by atoms with Gasteiger partial charge < -0.3 is 36.4 Å². The fraction of sp³-hybridized carbons (Fsp3) is 0.591. The quantitative estimate of drug-likeness (QED) is 0.166. The van der Waals surface area contributed by atoms with Crippen molar-refractivity contribution in [1.29, 1.82) is 0 Å². The van der Waals surface area contributed by atoms with Gasteiger partial charge in [0.1, 0.15) is 24.4 Å². The summed E-state index contributed by atoms with van der Waals surface area (Å²) in [6.45, 7) is 1.31. The number of nitrogens with two attached hydrogens (primary N) is 1. The Labute approximate surface area is 206 Å². The van der Waals surface area contributed by atoms with Crippen LogP contribution in [0, 0.1) is 0 Å². The van der Waals surface area contributed by atoms with E-state index in [2.05, 4.69) is 10.6 Å². The lowest BCUT2D eigenvalue weighted by Crippen LogP contribution is -2.49. The van der Waals surface area contributed by atoms with Crippen LogP contribution in [-0.2, 0) is 28.7 Å². The third kappa shape index (κ3) is 8.37. The zero-order valence-electron chi connectivity index (χ0n) is 19.3. The van der Waals surface area contributed by atoms with Gasteiger partial charge in [0.05, 0.1) is 16.9 Å². The SMILES string of the molecule is CCCC(SCC(NC(=O)CCC(N)C(=O)O)C(=O)NCC(=O)O)C1=C2CCC(O)C=C2C(=O)O1. The highest BCUT2D eigenvalue weighted by Gasteiger charge is 2.37. The van der Waals surface area contributed by atoms with E-state index >= 15 is 0 Å². The smallest absolute Gasteiger partial charge is 0.343 e. The Morgan fingerprint density at radius 3 is 2.60 bits per heavy atom. The highest BCUT2D eigenvalue weighted by Crippen LogP contribution is 2.40. The number of nitrogens with one attached hydrogen (secondary N) is 2. The van der Waals surface area contributed by atoms with Crippen molar-refractivity contribution in [3.05, 3.63) is 23.0 Å². The molecule has 0 aromatic carbocycles. The Balaban J connectivity index is 2.13. The van der Waals surface area contributed by atoms with Gasteiger partial charge in [-0.2, -0.15) is 0 Å². The van der Waals surface area contributed by atoms with Crippen LogP contribution in [0.15, 0.2) is 23.0 Å². The number of carbonyl (C=O) groups excluding carboxylic acids is 3. The number of aliphatic hydroxyl groups excluding tert-OH is 1. The molecule has 0 saturated heterocycles. The van der Waals surface area contributed by atoms with Crippen LogP contribution in [0.4, 0.5) is 0 Å². The first-order chi connectivity index (χ1) is 16.5. The van der Waals surface area contributed by atoms with E-state index in [0.717, 1.165) is 12.0 Å². The summed E-state index contributed by atoms with van der Waals surface area (Å²) >= 11 is 1.28. The number of rotatable bonds is 14. The van der Waals surface area contributed by atoms with Gasteiger partial charge in [-0.05, 0) is 31.8 Å². The summed E-state index contributed by atoms with van der Waals surface area (Å²) in [6.07, 6.45) is 2.66. The fourth-order valence-electron chi connectivity index (χ4n) is 3.64. The van der Waals surface area contributed by atoms with Crippen LogP contribution in [0.2, 0.25) is 0 Å². The van der Waals surface area contributed by atoms with Crippen LogP contribution in [0.25, 0.3) is 0 Å². The van der Waals surface area contributed by atoms with Crippen molar-refractivity contribution in [3.8, 4) is 0 Å². The number of hydrogen-bond acceptors (Lipinski definition) is 9. The molecule has 1 aliphatic heterocycles. The summed E-state index contributed by atoms with van der Waals surface area (Å²) < 4.78 is 5.52. The number of carboxylic acids is 2. The molecule has 1 heterocycles. The number of ether oxygens (including phenoxy) is 1. The van der Waals surface area contributed by atoms with Crippen molar-refractivity contribution in [1.82, 2.24) is 10.6 Å². The molecule has 4 unspecified atom stereocenters. The predicted molar refractivity (Wildman–Crippen MR) is 125 cm³/mol. The molecule has 2 aliphatic rings. The van der Waals surface area contributed by atoms with Crippen molar-refractivity contribution in [3.63, 3.8) is 0 Å². The largest absolute Gasteiger partial charge is 0.480 e. The zero-order valence-corrected chi connectivity index (χ0v) is 20.1. The summed E-state index contributed by atoms with van der Waals surface area (Å²) in [7, 11) is 0. The van der Waals surface area contributed by atoms with Gasteiger partial charge in [-0.25, -0.2) is 4.79 Å². The molecule has 1 aliphatic carbocycles. The average molecular weight is 514 g/mol. The topological polar surface area (TPSA) is 205 Å². The summed E-state index contributed by atoms with van der Waals surface area (Å²) in [5.74, 6) is -3.84. The van der Waals surface area contributed by atoms with Crippen LogP contribution >= 0.6 is 11.8 Å². The molecule has 0 radical (unpaired) electrons. The molecular weight excluding hydrogens is 482 g/mol. The van der Waals surface area contributed by atoms with E-state index in [1.807, 2.05) is 6.92 Å². The number of carboxylic acid groups (broad SMARTS) is 2. The summed E-state index contributed by atoms with van der Waals surface area (Å²) in [4.78, 5) is 58.9. The Kier molecular flexibility index (Phi) is 10.7. The minimum atomic E-state index is -1.25. The molecule has 0 saturated carbocycles. The first-order valence-electron chi connectivity index (χ1n) is 11.3. The molecule has 0 spiro atoms. The molecule has 2 amide bonds. The minimum Gasteiger partial charge on any atom is -0.480 e. The number of aliphatic carboxylic acids is 2. The highest BCUT2D eigenvalue weighted by molar-refractivity contribution is 8.00. The number of esters is 1. The third-order valence-corrected chi connectivity index (χ3v) is 6.84. The van der Waals surface area contributed by atoms with Gasteiger partial charge in [0, 0.05) is 17.7 Å². The fourth-order valence-corrected chi connectivity index (χ4v) is 5.04. The van der Waals surface area contributed by atoms with Crippen molar-refractivity contribution in [2.75, 3.05) is 12.3 Å². The van der Waals surface area contributed by atoms with E-state index in [1.165, 1.54) is 17.8 Å². The number of hydrogen-bond donors (Lipinski definition) is 6. The third-order valence-electron chi connectivity index (χ3n) is 5.47. The lowest BCUT2D eigenvalue weighted by Gasteiger charge is -2.23. The molecule has 35 heavy (non-hydrogen) atoms. The van der Waals surface area contributed by atoms with E-state index in [4.69, 9.17) is 20.7 Å². The predicted octanol–water partition coefficient (Wildman–Crippen LogP) is -0.342. The van der Waals surface area contributed by atoms with Gasteiger partial charge in [-0.3, -0.25) is 19.2 Å². The van der Waals surface area contributed by atoms with E-state index in [9.17, 15) is 29.1 Å². The maximum atomic E-state index is 12.6. The van der Waals surface area contributed by atoms with E-state index in [1.54, 1.807) is 0 Å². The second-order valence-corrected chi connectivity index (χ2v) is 9.48. The van der Waals surface area contributed by atoms with Crippen LogP contribution in [-0.4, -0.2) is 80.8 Å². The highest BCUT2D eigenvalue weighted by atomic mass is 32.2. The van der Waals surface area contributed by atoms with Crippen molar-refractivity contribution in [2.24, 2.45) is 5.73 Å². The first-order valence-corrected chi connectivity index (χ1v) is 12.3. The van der Waals surface area contributed by atoms with Gasteiger partial charge in [-0.15, -0.1) is 11.8 Å². The van der Waals surface area contributed by atoms with Gasteiger partial charge in [0.15, 0.2) is 0 Å². The molecule has 0 aromatic rings. The molecule has 0 fully saturated rings. The average Bonchev–Trinajstić information content (AvgIpc) is 3.12. The van der Waals surface area contributed by atoms with Crippen molar-refractivity contribution in [2.45, 2.75) is 68.9 Å². The monoisotopic (exact) mass is 513 g/mol. The summed E-state index contributed by atoms with van der Waals surface area (Å²) in [6, 6.07) is -2.34. The number of cyclic esters (lactones) is 1. The maximum absolute atomic E-state index is 12.6. The summed E-state index contributed by atoms with van der Waals surface area (Å²) in [5, 5.41) is 32.0. The Morgan fingerprint density at radius 2 is 1.97 bits per heavy atom. The molecule has 7 N–H and O–H groups in total.